The highest BCUT2D eigenvalue weighted by Gasteiger charge is 2.37. The molecule has 0 saturated carbocycles. The van der Waals surface area contributed by atoms with E-state index in [1.165, 1.54) is 0 Å². The highest BCUT2D eigenvalue weighted by atomic mass is 16.5. The molecule has 0 saturated heterocycles. The minimum absolute atomic E-state index is 0.435. The van der Waals surface area contributed by atoms with Crippen molar-refractivity contribution in [2.24, 2.45) is 0 Å². The molecule has 1 aliphatic heterocycles. The summed E-state index contributed by atoms with van der Waals surface area (Å²) in [4.78, 5) is 0. The SMILES string of the molecule is COc1ccc(/C=C2/C=C(C(C)(C)O)OC2(C)C)cc1. The summed E-state index contributed by atoms with van der Waals surface area (Å²) >= 11 is 0. The third-order valence-corrected chi connectivity index (χ3v) is 3.39. The Morgan fingerprint density at radius 3 is 2.25 bits per heavy atom. The molecule has 0 atom stereocenters. The Hall–Kier alpha value is -1.74. The van der Waals surface area contributed by atoms with Gasteiger partial charge in [0, 0.05) is 0 Å². The van der Waals surface area contributed by atoms with Crippen LogP contribution in [0.15, 0.2) is 41.7 Å². The maximum absolute atomic E-state index is 10.1. The Labute approximate surface area is 120 Å². The summed E-state index contributed by atoms with van der Waals surface area (Å²) in [6.07, 6.45) is 3.99. The lowest BCUT2D eigenvalue weighted by Crippen LogP contribution is -2.27. The number of aliphatic hydroxyl groups is 1. The molecule has 108 valence electrons. The fourth-order valence-corrected chi connectivity index (χ4v) is 2.07. The van der Waals surface area contributed by atoms with E-state index in [2.05, 4.69) is 6.08 Å². The van der Waals surface area contributed by atoms with Crippen molar-refractivity contribution in [2.75, 3.05) is 7.11 Å². The molecule has 0 spiro atoms. The molecule has 1 heterocycles. The van der Waals surface area contributed by atoms with Crippen LogP contribution in [0.3, 0.4) is 0 Å². The molecule has 1 aromatic carbocycles. The minimum atomic E-state index is -0.966. The van der Waals surface area contributed by atoms with E-state index in [1.54, 1.807) is 21.0 Å². The zero-order chi connectivity index (χ0) is 15.0. The molecule has 0 radical (unpaired) electrons. The van der Waals surface area contributed by atoms with Crippen molar-refractivity contribution in [3.05, 3.63) is 47.2 Å². The number of methoxy groups -OCH3 is 1. The molecule has 2 rings (SSSR count). The van der Waals surface area contributed by atoms with Gasteiger partial charge in [-0.1, -0.05) is 12.1 Å². The normalized spacial score (nSPS) is 19.7. The topological polar surface area (TPSA) is 38.7 Å². The summed E-state index contributed by atoms with van der Waals surface area (Å²) in [5.41, 5.74) is 0.715. The highest BCUT2D eigenvalue weighted by Crippen LogP contribution is 2.38. The molecule has 0 aliphatic carbocycles. The lowest BCUT2D eigenvalue weighted by molar-refractivity contribution is -0.00103. The van der Waals surface area contributed by atoms with Crippen LogP contribution < -0.4 is 4.74 Å². The van der Waals surface area contributed by atoms with Gasteiger partial charge in [-0.05, 0) is 63.1 Å². The lowest BCUT2D eigenvalue weighted by atomic mass is 9.96. The van der Waals surface area contributed by atoms with Crippen LogP contribution in [-0.4, -0.2) is 23.4 Å². The van der Waals surface area contributed by atoms with Crippen LogP contribution >= 0.6 is 0 Å². The smallest absolute Gasteiger partial charge is 0.129 e. The Kier molecular flexibility index (Phi) is 3.65. The first kappa shape index (κ1) is 14.7. The van der Waals surface area contributed by atoms with Crippen LogP contribution in [0.25, 0.3) is 6.08 Å². The zero-order valence-corrected chi connectivity index (χ0v) is 12.7. The van der Waals surface area contributed by atoms with Crippen LogP contribution in [0.2, 0.25) is 0 Å². The van der Waals surface area contributed by atoms with Crippen molar-refractivity contribution >= 4 is 6.08 Å². The largest absolute Gasteiger partial charge is 0.497 e. The quantitative estimate of drug-likeness (QED) is 0.916. The van der Waals surface area contributed by atoms with Gasteiger partial charge in [-0.2, -0.15) is 0 Å². The molecule has 0 unspecified atom stereocenters. The summed E-state index contributed by atoms with van der Waals surface area (Å²) in [5.74, 6) is 1.43. The standard InChI is InChI=1S/C17H22O3/c1-16(2,18)15-11-13(17(3,4)20-15)10-12-6-8-14(19-5)9-7-12/h6-11,18H,1-5H3/b13-10-. The molecular weight excluding hydrogens is 252 g/mol. The second kappa shape index (κ2) is 4.98. The van der Waals surface area contributed by atoms with E-state index in [4.69, 9.17) is 9.47 Å². The molecule has 0 bridgehead atoms. The maximum Gasteiger partial charge on any atom is 0.129 e. The van der Waals surface area contributed by atoms with Gasteiger partial charge < -0.3 is 14.6 Å². The van der Waals surface area contributed by atoms with Crippen molar-refractivity contribution < 1.29 is 14.6 Å². The van der Waals surface area contributed by atoms with Crippen LogP contribution in [0.5, 0.6) is 5.75 Å². The van der Waals surface area contributed by atoms with Gasteiger partial charge in [0.05, 0.1) is 7.11 Å². The summed E-state index contributed by atoms with van der Waals surface area (Å²) < 4.78 is 11.0. The van der Waals surface area contributed by atoms with Gasteiger partial charge in [0.25, 0.3) is 0 Å². The molecule has 1 aliphatic rings. The van der Waals surface area contributed by atoms with Crippen LogP contribution in [0, 0.1) is 0 Å². The number of hydrogen-bond donors (Lipinski definition) is 1. The third kappa shape index (κ3) is 3.05. The number of rotatable bonds is 3. The van der Waals surface area contributed by atoms with Gasteiger partial charge in [-0.3, -0.25) is 0 Å². The number of ether oxygens (including phenoxy) is 2. The molecule has 20 heavy (non-hydrogen) atoms. The average Bonchev–Trinajstić information content (AvgIpc) is 2.66. The Bertz CT molecular complexity index is 543. The van der Waals surface area contributed by atoms with E-state index in [0.29, 0.717) is 5.76 Å². The predicted molar refractivity (Wildman–Crippen MR) is 80.5 cm³/mol. The summed E-state index contributed by atoms with van der Waals surface area (Å²) in [6.45, 7) is 7.45. The van der Waals surface area contributed by atoms with Crippen LogP contribution in [0.1, 0.15) is 33.3 Å². The third-order valence-electron chi connectivity index (χ3n) is 3.39. The molecule has 3 nitrogen and oxygen atoms in total. The van der Waals surface area contributed by atoms with E-state index in [-0.39, 0.29) is 0 Å². The Morgan fingerprint density at radius 2 is 1.80 bits per heavy atom. The minimum Gasteiger partial charge on any atom is -0.497 e. The summed E-state index contributed by atoms with van der Waals surface area (Å²) in [5, 5.41) is 10.1. The van der Waals surface area contributed by atoms with Crippen molar-refractivity contribution in [1.29, 1.82) is 0 Å². The zero-order valence-electron chi connectivity index (χ0n) is 12.7. The first-order valence-electron chi connectivity index (χ1n) is 6.72. The van der Waals surface area contributed by atoms with Gasteiger partial charge in [0.2, 0.25) is 0 Å². The first-order valence-corrected chi connectivity index (χ1v) is 6.72. The van der Waals surface area contributed by atoms with Crippen molar-refractivity contribution in [1.82, 2.24) is 0 Å². The fourth-order valence-electron chi connectivity index (χ4n) is 2.07. The molecule has 1 N–H and O–H groups in total. The maximum atomic E-state index is 10.1. The van der Waals surface area contributed by atoms with Crippen LogP contribution in [0.4, 0.5) is 0 Å². The number of benzene rings is 1. The summed E-state index contributed by atoms with van der Waals surface area (Å²) in [7, 11) is 1.65. The summed E-state index contributed by atoms with van der Waals surface area (Å²) in [6, 6.07) is 7.85. The molecular formula is C17H22O3. The second-order valence-corrected chi connectivity index (χ2v) is 6.05. The first-order chi connectivity index (χ1) is 9.22. The predicted octanol–water partition coefficient (Wildman–Crippen LogP) is 3.54. The average molecular weight is 274 g/mol. The van der Waals surface area contributed by atoms with Gasteiger partial charge in [-0.15, -0.1) is 0 Å². The second-order valence-electron chi connectivity index (χ2n) is 6.05. The van der Waals surface area contributed by atoms with Gasteiger partial charge in [0.15, 0.2) is 0 Å². The number of hydrogen-bond acceptors (Lipinski definition) is 3. The molecule has 0 fully saturated rings. The van der Waals surface area contributed by atoms with Gasteiger partial charge >= 0.3 is 0 Å². The van der Waals surface area contributed by atoms with E-state index in [0.717, 1.165) is 16.9 Å². The van der Waals surface area contributed by atoms with E-state index < -0.39 is 11.2 Å². The van der Waals surface area contributed by atoms with E-state index in [1.807, 2.05) is 44.2 Å². The molecule has 0 amide bonds. The van der Waals surface area contributed by atoms with Crippen molar-refractivity contribution in [2.45, 2.75) is 38.9 Å². The molecule has 0 aromatic heterocycles. The van der Waals surface area contributed by atoms with Crippen LogP contribution in [-0.2, 0) is 4.74 Å². The highest BCUT2D eigenvalue weighted by molar-refractivity contribution is 5.61. The lowest BCUT2D eigenvalue weighted by Gasteiger charge is -2.26. The molecule has 3 heteroatoms. The monoisotopic (exact) mass is 274 g/mol. The molecule has 1 aromatic rings. The Balaban J connectivity index is 2.34. The fraction of sp³-hybridized carbons (Fsp3) is 0.412. The van der Waals surface area contributed by atoms with E-state index in [9.17, 15) is 5.11 Å². The van der Waals surface area contributed by atoms with Crippen molar-refractivity contribution in [3.8, 4) is 5.75 Å². The van der Waals surface area contributed by atoms with E-state index >= 15 is 0 Å². The van der Waals surface area contributed by atoms with Gasteiger partial charge in [-0.25, -0.2) is 0 Å². The van der Waals surface area contributed by atoms with Gasteiger partial charge in [0.1, 0.15) is 22.7 Å². The van der Waals surface area contributed by atoms with Crippen molar-refractivity contribution in [3.63, 3.8) is 0 Å². The Morgan fingerprint density at radius 1 is 1.20 bits per heavy atom.